The summed E-state index contributed by atoms with van der Waals surface area (Å²) in [6.07, 6.45) is 2.56. The van der Waals surface area contributed by atoms with E-state index in [1.54, 1.807) is 6.08 Å². The van der Waals surface area contributed by atoms with Crippen molar-refractivity contribution in [2.45, 2.75) is 6.92 Å². The molecular weight excluding hydrogens is 241 g/mol. The number of fused-ring (bicyclic) bond motifs is 1. The van der Waals surface area contributed by atoms with Crippen molar-refractivity contribution in [1.82, 2.24) is 0 Å². The van der Waals surface area contributed by atoms with Crippen molar-refractivity contribution in [1.29, 1.82) is 0 Å². The Labute approximate surface area is 89.8 Å². The molecular formula is C11H11NOSe. The van der Waals surface area contributed by atoms with Gasteiger partial charge < -0.3 is 0 Å². The van der Waals surface area contributed by atoms with Crippen molar-refractivity contribution < 1.29 is 4.79 Å². The van der Waals surface area contributed by atoms with Gasteiger partial charge in [0.1, 0.15) is 0 Å². The van der Waals surface area contributed by atoms with Gasteiger partial charge in [-0.1, -0.05) is 0 Å². The van der Waals surface area contributed by atoms with Crippen LogP contribution in [-0.4, -0.2) is 27.8 Å². The molecule has 3 heteroatoms. The Morgan fingerprint density at radius 2 is 2.21 bits per heavy atom. The zero-order valence-electron chi connectivity index (χ0n) is 7.93. The van der Waals surface area contributed by atoms with Crippen molar-refractivity contribution in [3.05, 3.63) is 34.9 Å². The number of allylic oxidation sites excluding steroid dienone is 1. The van der Waals surface area contributed by atoms with Crippen LogP contribution in [0.5, 0.6) is 0 Å². The first-order chi connectivity index (χ1) is 6.86. The van der Waals surface area contributed by atoms with Crippen LogP contribution >= 0.6 is 0 Å². The number of rotatable bonds is 2. The van der Waals surface area contributed by atoms with E-state index in [4.69, 9.17) is 0 Å². The quantitative estimate of drug-likeness (QED) is 0.443. The molecule has 0 bridgehead atoms. The van der Waals surface area contributed by atoms with Gasteiger partial charge in [0.05, 0.1) is 0 Å². The summed E-state index contributed by atoms with van der Waals surface area (Å²) >= 11 is 0.299. The van der Waals surface area contributed by atoms with Gasteiger partial charge in [0, 0.05) is 0 Å². The molecule has 0 unspecified atom stereocenters. The van der Waals surface area contributed by atoms with Gasteiger partial charge >= 0.3 is 89.5 Å². The Kier molecular flexibility index (Phi) is 2.71. The first kappa shape index (κ1) is 9.50. The fraction of sp³-hybridized carbons (Fsp3) is 0.182. The summed E-state index contributed by atoms with van der Waals surface area (Å²) in [7, 11) is 0. The Bertz CT molecular complexity index is 387. The van der Waals surface area contributed by atoms with Crippen molar-refractivity contribution in [2.24, 2.45) is 0 Å². The van der Waals surface area contributed by atoms with Crippen molar-refractivity contribution in [3.8, 4) is 0 Å². The summed E-state index contributed by atoms with van der Waals surface area (Å²) in [5.74, 6) is 0. The van der Waals surface area contributed by atoms with Crippen LogP contribution in [0.15, 0.2) is 34.9 Å². The molecule has 1 aromatic rings. The first-order valence-corrected chi connectivity index (χ1v) is 6.28. The molecule has 1 aliphatic heterocycles. The number of nitrogens with zero attached hydrogens (tertiary/aromatic N) is 1. The van der Waals surface area contributed by atoms with Gasteiger partial charge in [-0.15, -0.1) is 0 Å². The van der Waals surface area contributed by atoms with Crippen LogP contribution in [-0.2, 0) is 4.79 Å². The van der Waals surface area contributed by atoms with Gasteiger partial charge in [-0.25, -0.2) is 0 Å². The number of benzene rings is 1. The third-order valence-electron chi connectivity index (χ3n) is 2.16. The summed E-state index contributed by atoms with van der Waals surface area (Å²) in [6.45, 7) is 3.04. The molecule has 0 aromatic heterocycles. The van der Waals surface area contributed by atoms with Crippen LogP contribution in [0.2, 0.25) is 0 Å². The van der Waals surface area contributed by atoms with E-state index in [2.05, 4.69) is 30.0 Å². The van der Waals surface area contributed by atoms with Gasteiger partial charge in [-0.2, -0.15) is 0 Å². The first-order valence-electron chi connectivity index (χ1n) is 4.56. The maximum atomic E-state index is 10.5. The monoisotopic (exact) mass is 253 g/mol. The molecule has 1 heterocycles. The molecule has 2 nitrogen and oxygen atoms in total. The molecule has 0 amide bonds. The average molecular weight is 252 g/mol. The minimum absolute atomic E-state index is 0.299. The van der Waals surface area contributed by atoms with Gasteiger partial charge in [0.15, 0.2) is 0 Å². The second kappa shape index (κ2) is 3.99. The second-order valence-corrected chi connectivity index (χ2v) is 5.18. The molecule has 0 radical (unpaired) electrons. The summed E-state index contributed by atoms with van der Waals surface area (Å²) in [4.78, 5) is 12.7. The molecule has 72 valence electrons. The Morgan fingerprint density at radius 1 is 1.43 bits per heavy atom. The fourth-order valence-electron chi connectivity index (χ4n) is 1.56. The zero-order valence-corrected chi connectivity index (χ0v) is 9.65. The number of hydrogen-bond donors (Lipinski definition) is 0. The van der Waals surface area contributed by atoms with E-state index < -0.39 is 0 Å². The van der Waals surface area contributed by atoms with Gasteiger partial charge in [-0.3, -0.25) is 0 Å². The summed E-state index contributed by atoms with van der Waals surface area (Å²) in [6, 6.07) is 8.36. The maximum absolute atomic E-state index is 10.5. The normalized spacial score (nSPS) is 17.2. The number of anilines is 1. The molecule has 0 atom stereocenters. The van der Waals surface area contributed by atoms with Crippen LogP contribution in [0.4, 0.5) is 5.69 Å². The van der Waals surface area contributed by atoms with Crippen LogP contribution in [0.1, 0.15) is 6.92 Å². The van der Waals surface area contributed by atoms with E-state index in [1.807, 2.05) is 6.07 Å². The molecule has 1 aliphatic rings. The predicted molar refractivity (Wildman–Crippen MR) is 59.0 cm³/mol. The number of carbonyl (C=O) groups excluding carboxylic acids is 1. The van der Waals surface area contributed by atoms with Crippen molar-refractivity contribution in [3.63, 3.8) is 0 Å². The van der Waals surface area contributed by atoms with E-state index in [0.717, 1.165) is 17.4 Å². The van der Waals surface area contributed by atoms with E-state index >= 15 is 0 Å². The van der Waals surface area contributed by atoms with E-state index in [-0.39, 0.29) is 0 Å². The summed E-state index contributed by atoms with van der Waals surface area (Å²) in [5, 5.41) is 0. The van der Waals surface area contributed by atoms with E-state index in [1.165, 1.54) is 10.1 Å². The standard InChI is InChI=1S/C11H11NOSe/c1-2-12-9-5-3-4-6-10(9)14-11(12)7-8-13/h3-8H,2H2,1H3/b11-7+. The number of aldehydes is 1. The van der Waals surface area contributed by atoms with Crippen molar-refractivity contribution in [2.75, 3.05) is 11.4 Å². The molecule has 0 saturated heterocycles. The zero-order chi connectivity index (χ0) is 9.97. The molecule has 0 aliphatic carbocycles. The Balaban J connectivity index is 2.43. The van der Waals surface area contributed by atoms with E-state index in [0.29, 0.717) is 15.0 Å². The predicted octanol–water partition coefficient (Wildman–Crippen LogP) is 0.896. The van der Waals surface area contributed by atoms with Crippen LogP contribution in [0, 0.1) is 0 Å². The van der Waals surface area contributed by atoms with Crippen LogP contribution in [0.3, 0.4) is 0 Å². The average Bonchev–Trinajstić information content (AvgIpc) is 2.55. The third-order valence-corrected chi connectivity index (χ3v) is 4.54. The van der Waals surface area contributed by atoms with Gasteiger partial charge in [0.25, 0.3) is 0 Å². The molecule has 0 saturated carbocycles. The molecule has 2 rings (SSSR count). The van der Waals surface area contributed by atoms with E-state index in [9.17, 15) is 4.79 Å². The molecule has 0 N–H and O–H groups in total. The van der Waals surface area contributed by atoms with Crippen molar-refractivity contribution >= 4 is 31.4 Å². The number of carbonyl (C=O) groups is 1. The number of hydrogen-bond acceptors (Lipinski definition) is 2. The Morgan fingerprint density at radius 3 is 2.93 bits per heavy atom. The second-order valence-electron chi connectivity index (χ2n) is 2.96. The number of para-hydroxylation sites is 1. The fourth-order valence-corrected chi connectivity index (χ4v) is 3.90. The Hall–Kier alpha value is -1.05. The van der Waals surface area contributed by atoms with Crippen LogP contribution in [0.25, 0.3) is 0 Å². The SMILES string of the molecule is CCN1/C(=C\C=O)[Se]c2ccccc21. The summed E-state index contributed by atoms with van der Waals surface area (Å²) in [5.41, 5.74) is 1.27. The van der Waals surface area contributed by atoms with Gasteiger partial charge in [0.2, 0.25) is 0 Å². The van der Waals surface area contributed by atoms with Gasteiger partial charge in [-0.05, 0) is 0 Å². The topological polar surface area (TPSA) is 20.3 Å². The molecule has 0 fully saturated rings. The molecule has 1 aromatic carbocycles. The van der Waals surface area contributed by atoms with Crippen LogP contribution < -0.4 is 9.36 Å². The third kappa shape index (κ3) is 1.49. The minimum atomic E-state index is 0.299. The summed E-state index contributed by atoms with van der Waals surface area (Å²) < 4.78 is 2.53. The molecule has 0 spiro atoms. The molecule has 14 heavy (non-hydrogen) atoms.